The summed E-state index contributed by atoms with van der Waals surface area (Å²) in [5.41, 5.74) is -1.99. The van der Waals surface area contributed by atoms with Crippen molar-refractivity contribution >= 4 is 17.6 Å². The Hall–Kier alpha value is -3.42. The van der Waals surface area contributed by atoms with Crippen molar-refractivity contribution in [3.8, 4) is 17.3 Å². The maximum absolute atomic E-state index is 12.4. The van der Waals surface area contributed by atoms with Gasteiger partial charge in [-0.15, -0.1) is 6.54 Å². The summed E-state index contributed by atoms with van der Waals surface area (Å²) in [7, 11) is 5.16. The molecule has 0 amide bonds. The molecule has 0 spiro atoms. The van der Waals surface area contributed by atoms with Crippen molar-refractivity contribution in [1.29, 1.82) is 0 Å². The summed E-state index contributed by atoms with van der Waals surface area (Å²) >= 11 is 6.13. The summed E-state index contributed by atoms with van der Waals surface area (Å²) in [6.07, 6.45) is -8.37. The molecule has 0 saturated heterocycles. The lowest BCUT2D eigenvalue weighted by atomic mass is 10.0. The zero-order valence-electron chi connectivity index (χ0n) is 20.9. The van der Waals surface area contributed by atoms with Crippen molar-refractivity contribution in [2.45, 2.75) is 18.9 Å². The van der Waals surface area contributed by atoms with E-state index in [1.165, 1.54) is 13.2 Å². The fraction of sp³-hybridized carbons (Fsp3) is 0.320. The number of likely N-dealkylation sites (N-methyl/N-ethyl adjacent to an activating group) is 1. The number of carbonyl (C=O) groups is 1. The second-order valence-corrected chi connectivity index (χ2v) is 8.65. The highest BCUT2D eigenvalue weighted by Gasteiger charge is 2.36. The van der Waals surface area contributed by atoms with Crippen molar-refractivity contribution in [3.05, 3.63) is 81.3 Å². The fourth-order valence-corrected chi connectivity index (χ4v) is 3.29. The second-order valence-electron chi connectivity index (χ2n) is 8.24. The van der Waals surface area contributed by atoms with Crippen LogP contribution in [0.5, 0.6) is 6.01 Å². The standard InChI is InChI=1S/C15H16ClN3O3.C10H8F6N/c1-19(2)7-8-22-15-17-9-11(14(20)21)13(18-15)10-5-3-4-6-12(10)16;1-17-5-6-2-7(9(11,12)13)4-8(3-6)10(14,15)16/h3-6,9H,7-8H2,1-2H3,(H,20,21);2-4H,5H2,1H3/q;-1. The lowest BCUT2D eigenvalue weighted by molar-refractivity contribution is -0.143. The predicted molar refractivity (Wildman–Crippen MR) is 133 cm³/mol. The number of hydrogen-bond acceptors (Lipinski definition) is 5. The first kappa shape index (κ1) is 31.8. The molecule has 0 aliphatic carbocycles. The van der Waals surface area contributed by atoms with E-state index in [0.717, 1.165) is 0 Å². The molecule has 1 heterocycles. The Balaban J connectivity index is 0.000000283. The molecule has 14 heteroatoms. The normalized spacial score (nSPS) is 11.7. The van der Waals surface area contributed by atoms with Gasteiger partial charge >= 0.3 is 24.3 Å². The van der Waals surface area contributed by atoms with Crippen LogP contribution >= 0.6 is 11.6 Å². The van der Waals surface area contributed by atoms with Gasteiger partial charge in [-0.05, 0) is 38.4 Å². The SMILES string of the molecule is CN(C)CCOc1ncc(C(=O)O)c(-c2ccccc2Cl)n1.C[N-]Cc1cc(C(F)(F)F)cc(C(F)(F)F)c1. The Bertz CT molecular complexity index is 1240. The van der Waals surface area contributed by atoms with Gasteiger partial charge in [0.2, 0.25) is 0 Å². The molecule has 3 rings (SSSR count). The van der Waals surface area contributed by atoms with Gasteiger partial charge in [-0.3, -0.25) is 0 Å². The summed E-state index contributed by atoms with van der Waals surface area (Å²) in [5, 5.41) is 13.2. The van der Waals surface area contributed by atoms with Crippen LogP contribution in [0.4, 0.5) is 26.3 Å². The first-order valence-corrected chi connectivity index (χ1v) is 11.5. The molecule has 0 atom stereocenters. The Morgan fingerprint density at radius 3 is 2.13 bits per heavy atom. The molecular weight excluding hydrogens is 554 g/mol. The maximum atomic E-state index is 12.4. The number of carboxylic acid groups (broad SMARTS) is 1. The molecule has 2 aromatic carbocycles. The first-order chi connectivity index (χ1) is 18.1. The lowest BCUT2D eigenvalue weighted by Gasteiger charge is -2.17. The van der Waals surface area contributed by atoms with Crippen LogP contribution in [0, 0.1) is 0 Å². The van der Waals surface area contributed by atoms with Gasteiger partial charge in [-0.2, -0.15) is 38.4 Å². The van der Waals surface area contributed by atoms with E-state index in [1.807, 2.05) is 19.0 Å². The molecule has 0 fully saturated rings. The van der Waals surface area contributed by atoms with Crippen LogP contribution in [0.15, 0.2) is 48.7 Å². The van der Waals surface area contributed by atoms with Crippen LogP contribution in [0.1, 0.15) is 27.0 Å². The number of hydrogen-bond donors (Lipinski definition) is 1. The third kappa shape index (κ3) is 9.68. The van der Waals surface area contributed by atoms with E-state index in [2.05, 4.69) is 15.3 Å². The zero-order valence-corrected chi connectivity index (χ0v) is 21.7. The van der Waals surface area contributed by atoms with Crippen molar-refractivity contribution < 1.29 is 41.0 Å². The Kier molecular flexibility index (Phi) is 11.1. The first-order valence-electron chi connectivity index (χ1n) is 11.1. The number of ether oxygens (including phenoxy) is 1. The number of benzene rings is 2. The summed E-state index contributed by atoms with van der Waals surface area (Å²) in [6, 6.07) is 8.48. The van der Waals surface area contributed by atoms with Gasteiger partial charge in [0.05, 0.1) is 16.8 Å². The van der Waals surface area contributed by atoms with Gasteiger partial charge < -0.3 is 20.1 Å². The third-order valence-corrected chi connectivity index (χ3v) is 5.21. The average Bonchev–Trinajstić information content (AvgIpc) is 2.83. The Morgan fingerprint density at radius 1 is 1.05 bits per heavy atom. The van der Waals surface area contributed by atoms with Crippen LogP contribution in [0.3, 0.4) is 0 Å². The Labute approximate surface area is 225 Å². The molecule has 39 heavy (non-hydrogen) atoms. The quantitative estimate of drug-likeness (QED) is 0.301. The number of aromatic carboxylic acids is 1. The van der Waals surface area contributed by atoms with Crippen molar-refractivity contribution in [2.24, 2.45) is 0 Å². The van der Waals surface area contributed by atoms with E-state index >= 15 is 0 Å². The lowest BCUT2D eigenvalue weighted by Crippen LogP contribution is -2.20. The maximum Gasteiger partial charge on any atom is 0.416 e. The number of alkyl halides is 6. The Morgan fingerprint density at radius 2 is 1.64 bits per heavy atom. The molecule has 0 radical (unpaired) electrons. The molecule has 0 aliphatic rings. The smallest absolute Gasteiger partial charge is 0.416 e. The van der Waals surface area contributed by atoms with Gasteiger partial charge in [-0.25, -0.2) is 9.78 Å². The molecule has 0 aliphatic heterocycles. The average molecular weight is 578 g/mol. The predicted octanol–water partition coefficient (Wildman–Crippen LogP) is 6.66. The molecule has 0 saturated carbocycles. The molecule has 0 unspecified atom stereocenters. The van der Waals surface area contributed by atoms with Gasteiger partial charge in [0, 0.05) is 23.3 Å². The number of nitrogens with zero attached hydrogens (tertiary/aromatic N) is 4. The monoisotopic (exact) mass is 577 g/mol. The van der Waals surface area contributed by atoms with Crippen molar-refractivity contribution in [2.75, 3.05) is 34.3 Å². The van der Waals surface area contributed by atoms with Crippen LogP contribution < -0.4 is 4.74 Å². The molecule has 3 aromatic rings. The van der Waals surface area contributed by atoms with Crippen LogP contribution in [-0.4, -0.2) is 60.2 Å². The minimum Gasteiger partial charge on any atom is -0.661 e. The fourth-order valence-electron chi connectivity index (χ4n) is 3.06. The van der Waals surface area contributed by atoms with Crippen LogP contribution in [-0.2, 0) is 18.9 Å². The summed E-state index contributed by atoms with van der Waals surface area (Å²) in [4.78, 5) is 21.5. The van der Waals surface area contributed by atoms with Crippen LogP contribution in [0.25, 0.3) is 16.6 Å². The van der Waals surface area contributed by atoms with Crippen molar-refractivity contribution in [3.63, 3.8) is 0 Å². The highest BCUT2D eigenvalue weighted by molar-refractivity contribution is 6.33. The van der Waals surface area contributed by atoms with E-state index in [9.17, 15) is 36.2 Å². The van der Waals surface area contributed by atoms with E-state index in [0.29, 0.717) is 35.9 Å². The largest absolute Gasteiger partial charge is 0.661 e. The molecule has 0 bridgehead atoms. The van der Waals surface area contributed by atoms with E-state index in [1.54, 1.807) is 24.3 Å². The van der Waals surface area contributed by atoms with Gasteiger partial charge in [-0.1, -0.05) is 35.4 Å². The highest BCUT2D eigenvalue weighted by atomic mass is 35.5. The minimum absolute atomic E-state index is 0.0203. The molecule has 7 nitrogen and oxygen atoms in total. The van der Waals surface area contributed by atoms with E-state index in [4.69, 9.17) is 16.3 Å². The number of rotatable bonds is 8. The topological polar surface area (TPSA) is 89.7 Å². The highest BCUT2D eigenvalue weighted by Crippen LogP contribution is 2.36. The molecule has 1 aromatic heterocycles. The summed E-state index contributed by atoms with van der Waals surface area (Å²) < 4.78 is 79.7. The van der Waals surface area contributed by atoms with E-state index < -0.39 is 29.4 Å². The van der Waals surface area contributed by atoms with E-state index in [-0.39, 0.29) is 35.4 Å². The number of carboxylic acids is 1. The third-order valence-electron chi connectivity index (χ3n) is 4.88. The molecule has 212 valence electrons. The van der Waals surface area contributed by atoms with Crippen LogP contribution in [0.2, 0.25) is 5.02 Å². The summed E-state index contributed by atoms with van der Waals surface area (Å²) in [5.74, 6) is -1.12. The minimum atomic E-state index is -4.80. The van der Waals surface area contributed by atoms with Crippen molar-refractivity contribution in [1.82, 2.24) is 14.9 Å². The zero-order chi connectivity index (χ0) is 29.4. The molecular formula is C25H24ClF6N4O3-. The van der Waals surface area contributed by atoms with Gasteiger partial charge in [0.1, 0.15) is 12.2 Å². The summed E-state index contributed by atoms with van der Waals surface area (Å²) in [6.45, 7) is 0.917. The van der Waals surface area contributed by atoms with Gasteiger partial charge in [0.25, 0.3) is 0 Å². The number of aromatic nitrogens is 2. The molecule has 1 N–H and O–H groups in total. The van der Waals surface area contributed by atoms with Gasteiger partial charge in [0.15, 0.2) is 0 Å². The number of halogens is 7. The second kappa shape index (κ2) is 13.6.